The molecule has 0 atom stereocenters. The number of hydrogen-bond donors (Lipinski definition) is 0. The van der Waals surface area contributed by atoms with Crippen molar-refractivity contribution in [3.8, 4) is 23.6 Å². The lowest BCUT2D eigenvalue weighted by atomic mass is 10.1. The van der Waals surface area contributed by atoms with Crippen LogP contribution in [0.1, 0.15) is 22.3 Å². The van der Waals surface area contributed by atoms with Gasteiger partial charge in [0, 0.05) is 34.2 Å². The normalized spacial score (nSPS) is 11.0. The number of hydrogen-bond acceptors (Lipinski definition) is 9. The molecule has 0 bridgehead atoms. The van der Waals surface area contributed by atoms with Crippen molar-refractivity contribution in [3.05, 3.63) is 155 Å². The van der Waals surface area contributed by atoms with Crippen LogP contribution in [0, 0.1) is 22.7 Å². The fourth-order valence-corrected chi connectivity index (χ4v) is 7.74. The van der Waals surface area contributed by atoms with Crippen LogP contribution in [0.4, 0.5) is 11.4 Å². The second kappa shape index (κ2) is 13.0. The molecule has 8 aromatic rings. The summed E-state index contributed by atoms with van der Waals surface area (Å²) in [6, 6.07) is 32.0. The van der Waals surface area contributed by atoms with Crippen LogP contribution in [0.5, 0.6) is 11.5 Å². The van der Waals surface area contributed by atoms with E-state index in [1.54, 1.807) is 47.7 Å². The minimum absolute atomic E-state index is 0.624. The minimum atomic E-state index is 0.624. The molecule has 0 amide bonds. The molecule has 0 N–H and O–H groups in total. The third-order valence-electron chi connectivity index (χ3n) is 8.26. The van der Waals surface area contributed by atoms with Crippen molar-refractivity contribution in [1.29, 1.82) is 10.5 Å². The van der Waals surface area contributed by atoms with Crippen LogP contribution in [0.3, 0.4) is 0 Å². The fourth-order valence-electron chi connectivity index (χ4n) is 5.78. The first kappa shape index (κ1) is 30.0. The number of fused-ring (bicyclic) bond motifs is 2. The Hall–Kier alpha value is -6.40. The van der Waals surface area contributed by atoms with Gasteiger partial charge in [-0.15, -0.1) is 22.7 Å². The van der Waals surface area contributed by atoms with Crippen molar-refractivity contribution in [2.24, 2.45) is 0 Å². The van der Waals surface area contributed by atoms with Crippen LogP contribution in [-0.4, -0.2) is 19.3 Å². The molecule has 0 spiro atoms. The predicted octanol–water partition coefficient (Wildman–Crippen LogP) is 8.98. The highest BCUT2D eigenvalue weighted by atomic mass is 32.1. The van der Waals surface area contributed by atoms with Crippen LogP contribution in [0.2, 0.25) is 0 Å². The molecule has 0 aliphatic rings. The smallest absolute Gasteiger partial charge is 0.128 e. The number of rotatable bonds is 10. The molecule has 236 valence electrons. The van der Waals surface area contributed by atoms with E-state index in [0.717, 1.165) is 32.3 Å². The molecule has 0 radical (unpaired) electrons. The van der Waals surface area contributed by atoms with Crippen molar-refractivity contribution in [2.75, 3.05) is 10.0 Å². The van der Waals surface area contributed by atoms with E-state index < -0.39 is 0 Å². The van der Waals surface area contributed by atoms with Gasteiger partial charge in [-0.05, 0) is 118 Å². The maximum absolute atomic E-state index is 9.25. The Morgan fingerprint density at radius 3 is 1.45 bits per heavy atom. The van der Waals surface area contributed by atoms with Gasteiger partial charge in [0.1, 0.15) is 24.2 Å². The van der Waals surface area contributed by atoms with Gasteiger partial charge in [-0.3, -0.25) is 10.0 Å². The van der Waals surface area contributed by atoms with E-state index in [4.69, 9.17) is 4.74 Å². The number of benzene rings is 4. The first-order chi connectivity index (χ1) is 24.1. The van der Waals surface area contributed by atoms with Gasteiger partial charge in [0.2, 0.25) is 0 Å². The lowest BCUT2D eigenvalue weighted by Crippen LogP contribution is -2.27. The van der Waals surface area contributed by atoms with E-state index in [2.05, 4.69) is 67.1 Å². The lowest BCUT2D eigenvalue weighted by molar-refractivity contribution is 0.484. The van der Waals surface area contributed by atoms with Gasteiger partial charge in [-0.1, -0.05) is 0 Å². The van der Waals surface area contributed by atoms with Gasteiger partial charge in [-0.25, -0.2) is 19.3 Å². The standard InChI is InChI=1S/C38H26N8OS2/c39-19-27-1-5-31(6-2-27)45(43-15-13-41-25-43)21-29-23-48-37-17-33(9-11-35(29)37)47-34-10-12-36-30(24-49-38(36)18-34)22-46(44-16-14-42-26-44)32-7-3-28(20-40)4-8-32/h1-18,23-26H,21-22H2. The first-order valence-electron chi connectivity index (χ1n) is 15.4. The number of nitrogens with zero attached hydrogens (tertiary/aromatic N) is 8. The second-order valence-corrected chi connectivity index (χ2v) is 13.1. The molecule has 4 aromatic carbocycles. The first-order valence-corrected chi connectivity index (χ1v) is 17.1. The predicted molar refractivity (Wildman–Crippen MR) is 194 cm³/mol. The van der Waals surface area contributed by atoms with Gasteiger partial charge < -0.3 is 4.74 Å². The largest absolute Gasteiger partial charge is 0.457 e. The van der Waals surface area contributed by atoms with Crippen LogP contribution in [-0.2, 0) is 13.1 Å². The van der Waals surface area contributed by atoms with E-state index in [0.29, 0.717) is 24.2 Å². The van der Waals surface area contributed by atoms with Gasteiger partial charge in [0.25, 0.3) is 0 Å². The summed E-state index contributed by atoms with van der Waals surface area (Å²) in [7, 11) is 0. The summed E-state index contributed by atoms with van der Waals surface area (Å²) in [5.41, 5.74) is 5.54. The molecular formula is C38H26N8OS2. The summed E-state index contributed by atoms with van der Waals surface area (Å²) < 4.78 is 12.6. The van der Waals surface area contributed by atoms with Crippen molar-refractivity contribution in [3.63, 3.8) is 0 Å². The van der Waals surface area contributed by atoms with Gasteiger partial charge in [0.15, 0.2) is 0 Å². The van der Waals surface area contributed by atoms with Crippen LogP contribution >= 0.6 is 22.7 Å². The quantitative estimate of drug-likeness (QED) is 0.143. The van der Waals surface area contributed by atoms with Crippen molar-refractivity contribution < 1.29 is 4.74 Å². The number of anilines is 2. The second-order valence-electron chi connectivity index (χ2n) is 11.3. The zero-order valence-corrected chi connectivity index (χ0v) is 27.6. The Bertz CT molecular complexity index is 2280. The van der Waals surface area contributed by atoms with E-state index in [1.807, 2.05) is 82.4 Å². The van der Waals surface area contributed by atoms with Crippen molar-refractivity contribution >= 4 is 54.2 Å². The van der Waals surface area contributed by atoms with Crippen LogP contribution < -0.4 is 14.8 Å². The SMILES string of the molecule is N#Cc1ccc(N(Cc2csc3cc(Oc4ccc5c(CN(c6ccc(C#N)cc6)n6ccnc6)csc5c4)ccc23)n2ccnc2)cc1. The van der Waals surface area contributed by atoms with E-state index >= 15 is 0 Å². The highest BCUT2D eigenvalue weighted by molar-refractivity contribution is 7.17. The Morgan fingerprint density at radius 1 is 0.612 bits per heavy atom. The van der Waals surface area contributed by atoms with Gasteiger partial charge in [0.05, 0.1) is 47.7 Å². The highest BCUT2D eigenvalue weighted by Crippen LogP contribution is 2.36. The number of nitriles is 2. The third kappa shape index (κ3) is 6.08. The van der Waals surface area contributed by atoms with Crippen LogP contribution in [0.15, 0.2) is 133 Å². The molecule has 8 rings (SSSR count). The maximum atomic E-state index is 9.25. The zero-order chi connectivity index (χ0) is 33.2. The Balaban J connectivity index is 1.01. The summed E-state index contributed by atoms with van der Waals surface area (Å²) >= 11 is 3.38. The summed E-state index contributed by atoms with van der Waals surface area (Å²) in [5.74, 6) is 1.56. The molecular weight excluding hydrogens is 649 g/mol. The van der Waals surface area contributed by atoms with Crippen LogP contribution in [0.25, 0.3) is 20.2 Å². The molecule has 9 nitrogen and oxygen atoms in total. The molecule has 0 saturated heterocycles. The van der Waals surface area contributed by atoms with E-state index in [9.17, 15) is 10.5 Å². The molecule has 0 saturated carbocycles. The Labute approximate surface area is 289 Å². The molecule has 11 heteroatoms. The Kier molecular flexibility index (Phi) is 7.96. The number of aromatic nitrogens is 4. The molecule has 0 fully saturated rings. The molecule has 0 unspecified atom stereocenters. The fraction of sp³-hybridized carbons (Fsp3) is 0.0526. The maximum Gasteiger partial charge on any atom is 0.128 e. The summed E-state index contributed by atoms with van der Waals surface area (Å²) in [5, 5.41) is 29.5. The third-order valence-corrected chi connectivity index (χ3v) is 10.2. The molecule has 0 aliphatic carbocycles. The minimum Gasteiger partial charge on any atom is -0.457 e. The summed E-state index contributed by atoms with van der Waals surface area (Å²) in [6.07, 6.45) is 10.9. The van der Waals surface area contributed by atoms with Gasteiger partial charge >= 0.3 is 0 Å². The lowest BCUT2D eigenvalue weighted by Gasteiger charge is -2.25. The molecule has 49 heavy (non-hydrogen) atoms. The average molecular weight is 675 g/mol. The number of ether oxygens (including phenoxy) is 1. The van der Waals surface area contributed by atoms with E-state index in [-0.39, 0.29) is 0 Å². The molecule has 4 heterocycles. The van der Waals surface area contributed by atoms with E-state index in [1.165, 1.54) is 21.9 Å². The molecule has 0 aliphatic heterocycles. The topological polar surface area (TPSA) is 98.9 Å². The zero-order valence-electron chi connectivity index (χ0n) is 25.9. The number of thiophene rings is 2. The van der Waals surface area contributed by atoms with Crippen molar-refractivity contribution in [1.82, 2.24) is 19.3 Å². The summed E-state index contributed by atoms with van der Waals surface area (Å²) in [4.78, 5) is 8.50. The summed E-state index contributed by atoms with van der Waals surface area (Å²) in [6.45, 7) is 1.26. The highest BCUT2D eigenvalue weighted by Gasteiger charge is 2.16. The van der Waals surface area contributed by atoms with Crippen molar-refractivity contribution in [2.45, 2.75) is 13.1 Å². The van der Waals surface area contributed by atoms with Gasteiger partial charge in [-0.2, -0.15) is 10.5 Å². The number of imidazole rings is 2. The average Bonchev–Trinajstić information content (AvgIpc) is 3.98. The monoisotopic (exact) mass is 674 g/mol. The molecule has 4 aromatic heterocycles. The Morgan fingerprint density at radius 2 is 1.06 bits per heavy atom.